The number of rotatable bonds is 4. The van der Waals surface area contributed by atoms with Crippen LogP contribution in [0.3, 0.4) is 0 Å². The van der Waals surface area contributed by atoms with Gasteiger partial charge < -0.3 is 14.4 Å². The predicted molar refractivity (Wildman–Crippen MR) is 67.4 cm³/mol. The van der Waals surface area contributed by atoms with E-state index in [-0.39, 0.29) is 30.5 Å². The minimum atomic E-state index is -0.493. The standard InChI is InChI=1S/C13H23NO4/c1-9(2)17-8-11(15)10-6-14(7-10)12(16)18-13(3,4)5/h9-10H,6-8H2,1-5H3. The molecule has 1 fully saturated rings. The van der Waals surface area contributed by atoms with Crippen molar-refractivity contribution in [2.24, 2.45) is 5.92 Å². The molecule has 1 heterocycles. The fourth-order valence-corrected chi connectivity index (χ4v) is 1.52. The van der Waals surface area contributed by atoms with Gasteiger partial charge in [-0.15, -0.1) is 0 Å². The number of hydrogen-bond donors (Lipinski definition) is 0. The number of carbonyl (C=O) groups excluding carboxylic acids is 2. The quantitative estimate of drug-likeness (QED) is 0.771. The van der Waals surface area contributed by atoms with Crippen LogP contribution in [0.2, 0.25) is 0 Å². The van der Waals surface area contributed by atoms with Gasteiger partial charge in [-0.2, -0.15) is 0 Å². The van der Waals surface area contributed by atoms with Gasteiger partial charge in [0.05, 0.1) is 12.0 Å². The summed E-state index contributed by atoms with van der Waals surface area (Å²) in [5, 5.41) is 0. The Hall–Kier alpha value is -1.10. The molecule has 0 aromatic carbocycles. The first-order chi connectivity index (χ1) is 8.19. The van der Waals surface area contributed by atoms with E-state index in [0.717, 1.165) is 0 Å². The van der Waals surface area contributed by atoms with Crippen molar-refractivity contribution in [3.05, 3.63) is 0 Å². The third-order valence-electron chi connectivity index (χ3n) is 2.55. The molecule has 0 unspecified atom stereocenters. The molecule has 1 aliphatic rings. The topological polar surface area (TPSA) is 55.8 Å². The Morgan fingerprint density at radius 3 is 2.28 bits per heavy atom. The van der Waals surface area contributed by atoms with Crippen molar-refractivity contribution in [3.63, 3.8) is 0 Å². The molecule has 0 aromatic heterocycles. The second kappa shape index (κ2) is 5.69. The van der Waals surface area contributed by atoms with E-state index < -0.39 is 5.60 Å². The lowest BCUT2D eigenvalue weighted by Gasteiger charge is -2.38. The molecule has 1 rings (SSSR count). The first-order valence-electron chi connectivity index (χ1n) is 6.31. The molecule has 0 radical (unpaired) electrons. The molecular weight excluding hydrogens is 234 g/mol. The highest BCUT2D eigenvalue weighted by atomic mass is 16.6. The fourth-order valence-electron chi connectivity index (χ4n) is 1.52. The summed E-state index contributed by atoms with van der Waals surface area (Å²) in [6.07, 6.45) is -0.299. The number of amides is 1. The molecule has 0 aliphatic carbocycles. The SMILES string of the molecule is CC(C)OCC(=O)C1CN(C(=O)OC(C)(C)C)C1. The summed E-state index contributed by atoms with van der Waals surface area (Å²) in [5.41, 5.74) is -0.493. The number of carbonyl (C=O) groups is 2. The Balaban J connectivity index is 2.27. The van der Waals surface area contributed by atoms with E-state index in [2.05, 4.69) is 0 Å². The van der Waals surface area contributed by atoms with Gasteiger partial charge in [0.25, 0.3) is 0 Å². The van der Waals surface area contributed by atoms with Crippen molar-refractivity contribution in [2.45, 2.75) is 46.3 Å². The molecule has 0 N–H and O–H groups in total. The van der Waals surface area contributed by atoms with Gasteiger partial charge in [0.1, 0.15) is 12.2 Å². The normalized spacial score (nSPS) is 16.7. The molecule has 5 nitrogen and oxygen atoms in total. The molecule has 1 amide bonds. The van der Waals surface area contributed by atoms with E-state index >= 15 is 0 Å². The van der Waals surface area contributed by atoms with Crippen molar-refractivity contribution in [1.29, 1.82) is 0 Å². The van der Waals surface area contributed by atoms with Gasteiger partial charge in [-0.1, -0.05) is 0 Å². The van der Waals surface area contributed by atoms with Crippen LogP contribution in [0.5, 0.6) is 0 Å². The smallest absolute Gasteiger partial charge is 0.410 e. The summed E-state index contributed by atoms with van der Waals surface area (Å²) < 4.78 is 10.5. The zero-order valence-corrected chi connectivity index (χ0v) is 11.9. The molecule has 0 aromatic rings. The summed E-state index contributed by atoms with van der Waals surface area (Å²) >= 11 is 0. The first kappa shape index (κ1) is 15.0. The van der Waals surface area contributed by atoms with E-state index in [1.807, 2.05) is 34.6 Å². The maximum absolute atomic E-state index is 11.7. The van der Waals surface area contributed by atoms with Gasteiger partial charge in [-0.25, -0.2) is 4.79 Å². The monoisotopic (exact) mass is 257 g/mol. The summed E-state index contributed by atoms with van der Waals surface area (Å²) in [6, 6.07) is 0. The molecule has 5 heteroatoms. The number of nitrogens with zero attached hydrogens (tertiary/aromatic N) is 1. The Labute approximate surface area is 108 Å². The number of ether oxygens (including phenoxy) is 2. The molecule has 0 spiro atoms. The minimum absolute atomic E-state index is 0.0518. The molecule has 0 atom stereocenters. The van der Waals surface area contributed by atoms with E-state index in [0.29, 0.717) is 13.1 Å². The molecule has 1 saturated heterocycles. The maximum Gasteiger partial charge on any atom is 0.410 e. The largest absolute Gasteiger partial charge is 0.444 e. The van der Waals surface area contributed by atoms with Crippen LogP contribution in [0.15, 0.2) is 0 Å². The van der Waals surface area contributed by atoms with Gasteiger partial charge in [-0.3, -0.25) is 4.79 Å². The number of likely N-dealkylation sites (tertiary alicyclic amines) is 1. The summed E-state index contributed by atoms with van der Waals surface area (Å²) in [5.74, 6) is -0.0419. The van der Waals surface area contributed by atoms with Gasteiger partial charge in [0.2, 0.25) is 0 Å². The summed E-state index contributed by atoms with van der Waals surface area (Å²) in [6.45, 7) is 10.3. The Kier molecular flexibility index (Phi) is 4.73. The van der Waals surface area contributed by atoms with Crippen molar-refractivity contribution < 1.29 is 19.1 Å². The van der Waals surface area contributed by atoms with E-state index in [1.54, 1.807) is 4.90 Å². The third-order valence-corrected chi connectivity index (χ3v) is 2.55. The van der Waals surface area contributed by atoms with Crippen LogP contribution in [0.1, 0.15) is 34.6 Å². The van der Waals surface area contributed by atoms with Gasteiger partial charge in [0, 0.05) is 13.1 Å². The van der Waals surface area contributed by atoms with E-state index in [4.69, 9.17) is 9.47 Å². The van der Waals surface area contributed by atoms with Crippen LogP contribution >= 0.6 is 0 Å². The Bertz CT molecular complexity index is 313. The fraction of sp³-hybridized carbons (Fsp3) is 0.846. The second-order valence-corrected chi connectivity index (χ2v) is 5.91. The molecule has 0 saturated carbocycles. The lowest BCUT2D eigenvalue weighted by Crippen LogP contribution is -2.55. The zero-order valence-electron chi connectivity index (χ0n) is 11.9. The van der Waals surface area contributed by atoms with Crippen molar-refractivity contribution in [2.75, 3.05) is 19.7 Å². The molecule has 0 bridgehead atoms. The van der Waals surface area contributed by atoms with Crippen molar-refractivity contribution >= 4 is 11.9 Å². The predicted octanol–water partition coefficient (Wildman–Crippen LogP) is 1.85. The lowest BCUT2D eigenvalue weighted by molar-refractivity contribution is -0.133. The third kappa shape index (κ3) is 4.64. The first-order valence-corrected chi connectivity index (χ1v) is 6.31. The van der Waals surface area contributed by atoms with Crippen LogP contribution in [-0.2, 0) is 14.3 Å². The van der Waals surface area contributed by atoms with Gasteiger partial charge in [0.15, 0.2) is 5.78 Å². The molecular formula is C13H23NO4. The van der Waals surface area contributed by atoms with Crippen LogP contribution in [0.4, 0.5) is 4.79 Å². The highest BCUT2D eigenvalue weighted by molar-refractivity contribution is 5.85. The average molecular weight is 257 g/mol. The van der Waals surface area contributed by atoms with Gasteiger partial charge in [-0.05, 0) is 34.6 Å². The van der Waals surface area contributed by atoms with Crippen LogP contribution in [0, 0.1) is 5.92 Å². The average Bonchev–Trinajstić information content (AvgIpc) is 2.08. The van der Waals surface area contributed by atoms with Gasteiger partial charge >= 0.3 is 6.09 Å². The second-order valence-electron chi connectivity index (χ2n) is 5.91. The van der Waals surface area contributed by atoms with Crippen molar-refractivity contribution in [3.8, 4) is 0 Å². The molecule has 18 heavy (non-hydrogen) atoms. The summed E-state index contributed by atoms with van der Waals surface area (Å²) in [7, 11) is 0. The maximum atomic E-state index is 11.7. The van der Waals surface area contributed by atoms with Crippen LogP contribution < -0.4 is 0 Å². The van der Waals surface area contributed by atoms with E-state index in [1.165, 1.54) is 0 Å². The number of Topliss-reactive ketones (excluding diaryl/α,β-unsaturated/α-hetero) is 1. The highest BCUT2D eigenvalue weighted by Gasteiger charge is 2.37. The highest BCUT2D eigenvalue weighted by Crippen LogP contribution is 2.20. The number of ketones is 1. The Morgan fingerprint density at radius 1 is 1.28 bits per heavy atom. The lowest BCUT2D eigenvalue weighted by atomic mass is 9.96. The van der Waals surface area contributed by atoms with E-state index in [9.17, 15) is 9.59 Å². The molecule has 1 aliphatic heterocycles. The summed E-state index contributed by atoms with van der Waals surface area (Å²) in [4.78, 5) is 24.9. The zero-order chi connectivity index (χ0) is 13.9. The van der Waals surface area contributed by atoms with Crippen LogP contribution in [-0.4, -0.2) is 48.2 Å². The van der Waals surface area contributed by atoms with Crippen LogP contribution in [0.25, 0.3) is 0 Å². The van der Waals surface area contributed by atoms with Crippen molar-refractivity contribution in [1.82, 2.24) is 4.90 Å². The molecule has 104 valence electrons. The minimum Gasteiger partial charge on any atom is -0.444 e. The number of hydrogen-bond acceptors (Lipinski definition) is 4. The Morgan fingerprint density at radius 2 is 1.83 bits per heavy atom.